The average Bonchev–Trinajstić information content (AvgIpc) is 2.69. The number of aromatic nitrogens is 2. The van der Waals surface area contributed by atoms with E-state index < -0.39 is 5.25 Å². The summed E-state index contributed by atoms with van der Waals surface area (Å²) in [4.78, 5) is 30.3. The van der Waals surface area contributed by atoms with E-state index in [0.29, 0.717) is 22.7 Å². The number of carbonyl (C=O) groups is 1. The molecule has 0 saturated carbocycles. The minimum Gasteiger partial charge on any atom is -0.383 e. The first-order valence-electron chi connectivity index (χ1n) is 9.04. The number of hydrogen-bond acceptors (Lipinski definition) is 5. The van der Waals surface area contributed by atoms with Crippen molar-refractivity contribution in [3.05, 3.63) is 65.0 Å². The van der Waals surface area contributed by atoms with Gasteiger partial charge >= 0.3 is 0 Å². The second kappa shape index (κ2) is 9.03. The lowest BCUT2D eigenvalue weighted by atomic mass is 10.2. The molecule has 1 aromatic heterocycles. The SMILES string of the molecule is COC[C@@H](C)n1c(S[C@H](C)C(=O)Nc2ccccc2)nc2ccccc2c1=O. The quantitative estimate of drug-likeness (QED) is 0.486. The van der Waals surface area contributed by atoms with Gasteiger partial charge < -0.3 is 10.1 Å². The van der Waals surface area contributed by atoms with E-state index in [-0.39, 0.29) is 17.5 Å². The highest BCUT2D eigenvalue weighted by atomic mass is 32.2. The second-order valence-electron chi connectivity index (χ2n) is 6.51. The third-order valence-electron chi connectivity index (χ3n) is 4.32. The van der Waals surface area contributed by atoms with Gasteiger partial charge in [0.2, 0.25) is 5.91 Å². The van der Waals surface area contributed by atoms with Crippen molar-refractivity contribution in [2.75, 3.05) is 19.0 Å². The number of thioether (sulfide) groups is 1. The van der Waals surface area contributed by atoms with Gasteiger partial charge in [-0.15, -0.1) is 0 Å². The predicted octanol–water partition coefficient (Wildman–Crippen LogP) is 3.72. The molecule has 7 heteroatoms. The molecule has 146 valence electrons. The largest absolute Gasteiger partial charge is 0.383 e. The molecule has 0 aliphatic carbocycles. The molecular weight excluding hydrogens is 374 g/mol. The van der Waals surface area contributed by atoms with Crippen LogP contribution in [0.15, 0.2) is 64.5 Å². The minimum atomic E-state index is -0.436. The number of para-hydroxylation sites is 2. The molecule has 0 aliphatic heterocycles. The third kappa shape index (κ3) is 4.43. The average molecular weight is 398 g/mol. The first-order chi connectivity index (χ1) is 13.5. The van der Waals surface area contributed by atoms with Gasteiger partial charge in [0.25, 0.3) is 5.56 Å². The molecule has 1 amide bonds. The van der Waals surface area contributed by atoms with Gasteiger partial charge in [0.05, 0.1) is 28.8 Å². The molecule has 1 N–H and O–H groups in total. The topological polar surface area (TPSA) is 73.2 Å². The predicted molar refractivity (Wildman–Crippen MR) is 113 cm³/mol. The standard InChI is InChI=1S/C21H23N3O3S/c1-14(13-27-3)24-20(26)17-11-7-8-12-18(17)23-21(24)28-15(2)19(25)22-16-9-5-4-6-10-16/h4-12,14-15H,13H2,1-3H3,(H,22,25)/t14-,15-/m1/s1. The fraction of sp³-hybridized carbons (Fsp3) is 0.286. The van der Waals surface area contributed by atoms with E-state index >= 15 is 0 Å². The van der Waals surface area contributed by atoms with Crippen LogP contribution in [-0.4, -0.2) is 34.4 Å². The Labute approximate surface area is 167 Å². The van der Waals surface area contributed by atoms with Crippen molar-refractivity contribution < 1.29 is 9.53 Å². The second-order valence-corrected chi connectivity index (χ2v) is 7.81. The number of hydrogen-bond donors (Lipinski definition) is 1. The monoisotopic (exact) mass is 397 g/mol. The van der Waals surface area contributed by atoms with Gasteiger partial charge in [-0.3, -0.25) is 14.2 Å². The molecule has 0 fully saturated rings. The van der Waals surface area contributed by atoms with E-state index in [1.54, 1.807) is 30.7 Å². The third-order valence-corrected chi connectivity index (χ3v) is 5.38. The van der Waals surface area contributed by atoms with E-state index in [2.05, 4.69) is 10.3 Å². The molecular formula is C21H23N3O3S. The van der Waals surface area contributed by atoms with Gasteiger partial charge in [-0.25, -0.2) is 4.98 Å². The van der Waals surface area contributed by atoms with Gasteiger partial charge in [0, 0.05) is 12.8 Å². The highest BCUT2D eigenvalue weighted by Gasteiger charge is 2.22. The summed E-state index contributed by atoms with van der Waals surface area (Å²) in [5.74, 6) is -0.149. The van der Waals surface area contributed by atoms with Crippen LogP contribution in [0, 0.1) is 0 Å². The summed E-state index contributed by atoms with van der Waals surface area (Å²) in [6, 6.07) is 16.3. The number of amides is 1. The Morgan fingerprint density at radius 1 is 1.14 bits per heavy atom. The molecule has 1 heterocycles. The Balaban J connectivity index is 1.93. The maximum Gasteiger partial charge on any atom is 0.262 e. The van der Waals surface area contributed by atoms with E-state index in [4.69, 9.17) is 4.74 Å². The first kappa shape index (κ1) is 20.1. The van der Waals surface area contributed by atoms with Crippen molar-refractivity contribution in [1.29, 1.82) is 0 Å². The van der Waals surface area contributed by atoms with Crippen LogP contribution in [0.2, 0.25) is 0 Å². The minimum absolute atomic E-state index is 0.131. The van der Waals surface area contributed by atoms with E-state index in [9.17, 15) is 9.59 Å². The summed E-state index contributed by atoms with van der Waals surface area (Å²) in [6.45, 7) is 4.08. The van der Waals surface area contributed by atoms with Gasteiger partial charge in [-0.2, -0.15) is 0 Å². The molecule has 28 heavy (non-hydrogen) atoms. The maximum absolute atomic E-state index is 13.1. The Morgan fingerprint density at radius 2 is 1.82 bits per heavy atom. The lowest BCUT2D eigenvalue weighted by Gasteiger charge is -2.20. The lowest BCUT2D eigenvalue weighted by molar-refractivity contribution is -0.115. The zero-order valence-corrected chi connectivity index (χ0v) is 16.9. The van der Waals surface area contributed by atoms with Crippen LogP contribution in [0.3, 0.4) is 0 Å². The Kier molecular flexibility index (Phi) is 6.49. The fourth-order valence-corrected chi connectivity index (χ4v) is 3.90. The van der Waals surface area contributed by atoms with Crippen molar-refractivity contribution in [2.45, 2.75) is 30.3 Å². The molecule has 6 nitrogen and oxygen atoms in total. The molecule has 0 bridgehead atoms. The van der Waals surface area contributed by atoms with Crippen LogP contribution in [0.25, 0.3) is 10.9 Å². The molecule has 0 radical (unpaired) electrons. The van der Waals surface area contributed by atoms with Crippen molar-refractivity contribution in [3.8, 4) is 0 Å². The van der Waals surface area contributed by atoms with E-state index in [0.717, 1.165) is 5.69 Å². The molecule has 2 atom stereocenters. The number of methoxy groups -OCH3 is 1. The number of benzene rings is 2. The van der Waals surface area contributed by atoms with Crippen molar-refractivity contribution in [1.82, 2.24) is 9.55 Å². The van der Waals surface area contributed by atoms with Crippen LogP contribution < -0.4 is 10.9 Å². The van der Waals surface area contributed by atoms with Gasteiger partial charge in [0.1, 0.15) is 0 Å². The normalized spacial score (nSPS) is 13.2. The van der Waals surface area contributed by atoms with E-state index in [1.165, 1.54) is 11.8 Å². The number of nitrogens with zero attached hydrogens (tertiary/aromatic N) is 2. The highest BCUT2D eigenvalue weighted by molar-refractivity contribution is 8.00. The highest BCUT2D eigenvalue weighted by Crippen LogP contribution is 2.26. The summed E-state index contributed by atoms with van der Waals surface area (Å²) in [5.41, 5.74) is 1.22. The molecule has 3 rings (SSSR count). The van der Waals surface area contributed by atoms with Crippen molar-refractivity contribution >= 4 is 34.3 Å². The van der Waals surface area contributed by atoms with Crippen molar-refractivity contribution in [3.63, 3.8) is 0 Å². The molecule has 2 aromatic carbocycles. The molecule has 3 aromatic rings. The number of carbonyl (C=O) groups excluding carboxylic acids is 1. The van der Waals surface area contributed by atoms with Gasteiger partial charge in [-0.05, 0) is 38.1 Å². The summed E-state index contributed by atoms with van der Waals surface area (Å²) in [5, 5.41) is 3.51. The Bertz CT molecular complexity index is 1020. The van der Waals surface area contributed by atoms with Crippen LogP contribution in [0.1, 0.15) is 19.9 Å². The zero-order chi connectivity index (χ0) is 20.1. The summed E-state index contributed by atoms with van der Waals surface area (Å²) in [7, 11) is 1.60. The molecule has 0 saturated heterocycles. The van der Waals surface area contributed by atoms with Crippen LogP contribution in [0.4, 0.5) is 5.69 Å². The Morgan fingerprint density at radius 3 is 2.54 bits per heavy atom. The van der Waals surface area contributed by atoms with Crippen molar-refractivity contribution in [2.24, 2.45) is 0 Å². The summed E-state index contributed by atoms with van der Waals surface area (Å²) < 4.78 is 6.85. The van der Waals surface area contributed by atoms with Gasteiger partial charge in [0.15, 0.2) is 5.16 Å². The number of ether oxygens (including phenoxy) is 1. The maximum atomic E-state index is 13.1. The zero-order valence-electron chi connectivity index (χ0n) is 16.1. The number of rotatable bonds is 7. The number of anilines is 1. The fourth-order valence-electron chi connectivity index (χ4n) is 2.89. The van der Waals surface area contributed by atoms with Crippen LogP contribution >= 0.6 is 11.8 Å². The van der Waals surface area contributed by atoms with E-state index in [1.807, 2.05) is 49.4 Å². The van der Waals surface area contributed by atoms with Crippen LogP contribution in [0.5, 0.6) is 0 Å². The van der Waals surface area contributed by atoms with Crippen LogP contribution in [-0.2, 0) is 9.53 Å². The molecule has 0 aliphatic rings. The van der Waals surface area contributed by atoms with Gasteiger partial charge in [-0.1, -0.05) is 42.1 Å². The smallest absolute Gasteiger partial charge is 0.262 e. The molecule has 0 unspecified atom stereocenters. The number of fused-ring (bicyclic) bond motifs is 1. The first-order valence-corrected chi connectivity index (χ1v) is 9.92. The summed E-state index contributed by atoms with van der Waals surface area (Å²) in [6.07, 6.45) is 0. The Hall–Kier alpha value is -2.64. The lowest BCUT2D eigenvalue weighted by Crippen LogP contribution is -2.30. The number of nitrogens with one attached hydrogen (secondary N) is 1. The molecule has 0 spiro atoms. The summed E-state index contributed by atoms with van der Waals surface area (Å²) >= 11 is 1.26.